The second-order valence-corrected chi connectivity index (χ2v) is 11.3. The van der Waals surface area contributed by atoms with Gasteiger partial charge in [-0.3, -0.25) is 10.1 Å². The van der Waals surface area contributed by atoms with Crippen molar-refractivity contribution < 1.29 is 22.7 Å². The van der Waals surface area contributed by atoms with E-state index in [1.54, 1.807) is 93.6 Å². The van der Waals surface area contributed by atoms with Gasteiger partial charge in [0.1, 0.15) is 6.04 Å². The van der Waals surface area contributed by atoms with Crippen molar-refractivity contribution in [1.29, 1.82) is 5.26 Å². The van der Waals surface area contributed by atoms with Crippen molar-refractivity contribution in [2.24, 2.45) is 0 Å². The van der Waals surface area contributed by atoms with Crippen LogP contribution in [-0.4, -0.2) is 39.1 Å². The first-order chi connectivity index (χ1) is 17.9. The van der Waals surface area contributed by atoms with Gasteiger partial charge in [-0.1, -0.05) is 42.5 Å². The first kappa shape index (κ1) is 28.4. The number of hydrogen-bond donors (Lipinski definition) is 3. The molecule has 0 heterocycles. The standard InChI is InChI=1S/C28H30N4O5S/c1-28(2,3)32-38(35,36)25-11-6-5-10-23(25)21-12-14-22(15-13-21)30-24(26(33)31-27(34)37-4)17-19-8-7-9-20(16-19)18-29/h5-16,24,30,32H,17H2,1-4H3,(H,31,33,34)/t24-/m0/s1. The molecular weight excluding hydrogens is 504 g/mol. The van der Waals surface area contributed by atoms with E-state index in [0.717, 1.165) is 12.7 Å². The van der Waals surface area contributed by atoms with Gasteiger partial charge in [-0.2, -0.15) is 5.26 Å². The number of methoxy groups -OCH3 is 1. The molecule has 3 N–H and O–H groups in total. The van der Waals surface area contributed by atoms with Crippen LogP contribution < -0.4 is 15.4 Å². The maximum absolute atomic E-state index is 13.0. The van der Waals surface area contributed by atoms with Crippen molar-refractivity contribution in [2.45, 2.75) is 43.7 Å². The Morgan fingerprint density at radius 3 is 2.32 bits per heavy atom. The second-order valence-electron chi connectivity index (χ2n) is 9.62. The minimum absolute atomic E-state index is 0.156. The third-order valence-electron chi connectivity index (χ3n) is 5.38. The average Bonchev–Trinajstić information content (AvgIpc) is 2.87. The number of alkyl carbamates (subject to hydrolysis) is 1. The molecule has 0 aliphatic carbocycles. The number of nitrogens with zero attached hydrogens (tertiary/aromatic N) is 1. The fourth-order valence-corrected chi connectivity index (χ4v) is 5.45. The summed E-state index contributed by atoms with van der Waals surface area (Å²) in [5, 5.41) is 14.5. The third-order valence-corrected chi connectivity index (χ3v) is 7.19. The Labute approximate surface area is 222 Å². The van der Waals surface area contributed by atoms with Crippen LogP contribution in [0, 0.1) is 11.3 Å². The molecule has 0 fully saturated rings. The molecule has 3 rings (SSSR count). The third kappa shape index (κ3) is 7.65. The summed E-state index contributed by atoms with van der Waals surface area (Å²) < 4.78 is 33.3. The molecule has 0 spiro atoms. The number of carbonyl (C=O) groups is 2. The summed E-state index contributed by atoms with van der Waals surface area (Å²) >= 11 is 0. The zero-order chi connectivity index (χ0) is 27.9. The van der Waals surface area contributed by atoms with Crippen LogP contribution in [0.5, 0.6) is 0 Å². The molecule has 9 nitrogen and oxygen atoms in total. The molecule has 0 aliphatic heterocycles. The van der Waals surface area contributed by atoms with Crippen molar-refractivity contribution in [3.63, 3.8) is 0 Å². The van der Waals surface area contributed by atoms with E-state index >= 15 is 0 Å². The second kappa shape index (κ2) is 11.9. The highest BCUT2D eigenvalue weighted by molar-refractivity contribution is 7.89. The van der Waals surface area contributed by atoms with Crippen LogP contribution in [0.1, 0.15) is 31.9 Å². The van der Waals surface area contributed by atoms with Gasteiger partial charge in [0, 0.05) is 23.2 Å². The molecule has 38 heavy (non-hydrogen) atoms. The highest BCUT2D eigenvalue weighted by atomic mass is 32.2. The lowest BCUT2D eigenvalue weighted by atomic mass is 10.0. The largest absolute Gasteiger partial charge is 0.453 e. The molecule has 3 aromatic carbocycles. The fraction of sp³-hybridized carbons (Fsp3) is 0.250. The molecule has 0 radical (unpaired) electrons. The van der Waals surface area contributed by atoms with Gasteiger partial charge < -0.3 is 10.1 Å². The number of rotatable bonds is 8. The maximum Gasteiger partial charge on any atom is 0.413 e. The number of nitriles is 1. The van der Waals surface area contributed by atoms with Gasteiger partial charge >= 0.3 is 6.09 Å². The van der Waals surface area contributed by atoms with E-state index in [9.17, 15) is 23.3 Å². The van der Waals surface area contributed by atoms with Gasteiger partial charge in [-0.05, 0) is 62.2 Å². The molecule has 0 saturated heterocycles. The highest BCUT2D eigenvalue weighted by Gasteiger charge is 2.25. The number of benzene rings is 3. The number of imide groups is 1. The Morgan fingerprint density at radius 1 is 1.00 bits per heavy atom. The van der Waals surface area contributed by atoms with Crippen molar-refractivity contribution in [3.8, 4) is 17.2 Å². The first-order valence-corrected chi connectivity index (χ1v) is 13.3. The summed E-state index contributed by atoms with van der Waals surface area (Å²) in [6.07, 6.45) is -0.691. The molecule has 198 valence electrons. The van der Waals surface area contributed by atoms with Crippen LogP contribution in [-0.2, 0) is 26.0 Å². The highest BCUT2D eigenvalue weighted by Crippen LogP contribution is 2.29. The number of ether oxygens (including phenoxy) is 1. The number of hydrogen-bond acceptors (Lipinski definition) is 7. The van der Waals surface area contributed by atoms with Crippen LogP contribution in [0.4, 0.5) is 10.5 Å². The van der Waals surface area contributed by atoms with Crippen LogP contribution in [0.15, 0.2) is 77.7 Å². The Balaban J connectivity index is 1.89. The molecule has 0 unspecified atom stereocenters. The van der Waals surface area contributed by atoms with Gasteiger partial charge in [0.05, 0.1) is 23.6 Å². The SMILES string of the molecule is COC(=O)NC(=O)[C@H](Cc1cccc(C#N)c1)Nc1ccc(-c2ccccc2S(=O)(=O)NC(C)(C)C)cc1. The van der Waals surface area contributed by atoms with Gasteiger partial charge in [0.2, 0.25) is 10.0 Å². The number of nitrogens with one attached hydrogen (secondary N) is 3. The summed E-state index contributed by atoms with van der Waals surface area (Å²) in [6.45, 7) is 5.32. The van der Waals surface area contributed by atoms with E-state index in [-0.39, 0.29) is 11.3 Å². The summed E-state index contributed by atoms with van der Waals surface area (Å²) in [6, 6.07) is 21.7. The number of carbonyl (C=O) groups excluding carboxylic acids is 2. The Bertz CT molecular complexity index is 1460. The lowest BCUT2D eigenvalue weighted by molar-refractivity contribution is -0.121. The van der Waals surface area contributed by atoms with E-state index < -0.39 is 33.6 Å². The summed E-state index contributed by atoms with van der Waals surface area (Å²) in [5.41, 5.74) is 2.30. The smallest absolute Gasteiger partial charge is 0.413 e. The zero-order valence-corrected chi connectivity index (χ0v) is 22.4. The van der Waals surface area contributed by atoms with Crippen molar-refractivity contribution >= 4 is 27.7 Å². The Kier molecular flexibility index (Phi) is 8.88. The molecule has 2 amide bonds. The molecule has 0 bridgehead atoms. The monoisotopic (exact) mass is 534 g/mol. The van der Waals surface area contributed by atoms with Crippen LogP contribution in [0.3, 0.4) is 0 Å². The van der Waals surface area contributed by atoms with Crippen molar-refractivity contribution in [3.05, 3.63) is 83.9 Å². The molecule has 0 aromatic heterocycles. The summed E-state index contributed by atoms with van der Waals surface area (Å²) in [5.74, 6) is -0.604. The molecule has 3 aromatic rings. The van der Waals surface area contributed by atoms with E-state index in [1.807, 2.05) is 0 Å². The van der Waals surface area contributed by atoms with E-state index in [1.165, 1.54) is 0 Å². The fourth-order valence-electron chi connectivity index (χ4n) is 3.80. The van der Waals surface area contributed by atoms with E-state index in [4.69, 9.17) is 0 Å². The minimum Gasteiger partial charge on any atom is -0.453 e. The molecule has 0 saturated carbocycles. The predicted molar refractivity (Wildman–Crippen MR) is 145 cm³/mol. The van der Waals surface area contributed by atoms with Crippen LogP contribution >= 0.6 is 0 Å². The van der Waals surface area contributed by atoms with Crippen LogP contribution in [0.25, 0.3) is 11.1 Å². The molecule has 10 heteroatoms. The zero-order valence-electron chi connectivity index (χ0n) is 21.6. The van der Waals surface area contributed by atoms with E-state index in [0.29, 0.717) is 22.4 Å². The molecule has 1 atom stereocenters. The Hall–Kier alpha value is -4.20. The average molecular weight is 535 g/mol. The van der Waals surface area contributed by atoms with Crippen molar-refractivity contribution in [2.75, 3.05) is 12.4 Å². The Morgan fingerprint density at radius 2 is 1.68 bits per heavy atom. The number of sulfonamides is 1. The molecule has 0 aliphatic rings. The first-order valence-electron chi connectivity index (χ1n) is 11.8. The lowest BCUT2D eigenvalue weighted by Gasteiger charge is -2.22. The normalized spacial score (nSPS) is 12.2. The lowest BCUT2D eigenvalue weighted by Crippen LogP contribution is -2.43. The van der Waals surface area contributed by atoms with Gasteiger partial charge in [-0.25, -0.2) is 17.9 Å². The van der Waals surface area contributed by atoms with E-state index in [2.05, 4.69) is 26.2 Å². The minimum atomic E-state index is -3.78. The van der Waals surface area contributed by atoms with Gasteiger partial charge in [0.15, 0.2) is 0 Å². The summed E-state index contributed by atoms with van der Waals surface area (Å²) in [7, 11) is -2.61. The summed E-state index contributed by atoms with van der Waals surface area (Å²) in [4.78, 5) is 24.6. The number of amides is 2. The van der Waals surface area contributed by atoms with Gasteiger partial charge in [0.25, 0.3) is 5.91 Å². The predicted octanol–water partition coefficient (Wildman–Crippen LogP) is 4.21. The van der Waals surface area contributed by atoms with Gasteiger partial charge in [-0.15, -0.1) is 0 Å². The maximum atomic E-state index is 13.0. The van der Waals surface area contributed by atoms with Crippen molar-refractivity contribution in [1.82, 2.24) is 10.0 Å². The molecular formula is C28H30N4O5S. The number of anilines is 1. The topological polar surface area (TPSA) is 137 Å². The van der Waals surface area contributed by atoms with Crippen LogP contribution in [0.2, 0.25) is 0 Å². The quantitative estimate of drug-likeness (QED) is 0.394.